The van der Waals surface area contributed by atoms with E-state index in [9.17, 15) is 0 Å². The number of para-hydroxylation sites is 1. The van der Waals surface area contributed by atoms with Crippen molar-refractivity contribution < 1.29 is 4.52 Å². The van der Waals surface area contributed by atoms with Crippen LogP contribution < -0.4 is 0 Å². The largest absolute Gasteiger partial charge is 0.360 e. The van der Waals surface area contributed by atoms with E-state index in [-0.39, 0.29) is 5.41 Å². The first-order chi connectivity index (χ1) is 13.5. The Morgan fingerprint density at radius 2 is 2.04 bits per heavy atom. The normalized spacial score (nSPS) is 14.8. The minimum atomic E-state index is -0.146. The maximum absolute atomic E-state index is 5.40. The second kappa shape index (κ2) is 6.48. The van der Waals surface area contributed by atoms with Gasteiger partial charge in [0.15, 0.2) is 16.8 Å². The number of rotatable bonds is 5. The van der Waals surface area contributed by atoms with Crippen LogP contribution >= 0.6 is 11.8 Å². The summed E-state index contributed by atoms with van der Waals surface area (Å²) in [6.07, 6.45) is 4.35. The van der Waals surface area contributed by atoms with Crippen molar-refractivity contribution in [3.05, 3.63) is 42.2 Å². The van der Waals surface area contributed by atoms with Crippen molar-refractivity contribution in [3.63, 3.8) is 0 Å². The molecule has 0 unspecified atom stereocenters. The maximum Gasteiger partial charge on any atom is 0.232 e. The molecule has 0 atom stereocenters. The number of aromatic nitrogens is 6. The summed E-state index contributed by atoms with van der Waals surface area (Å²) in [4.78, 5) is 7.86. The minimum absolute atomic E-state index is 0.146. The van der Waals surface area contributed by atoms with Gasteiger partial charge in [0.2, 0.25) is 5.89 Å². The van der Waals surface area contributed by atoms with Crippen LogP contribution in [0.5, 0.6) is 0 Å². The molecule has 1 saturated carbocycles. The molecule has 1 aliphatic carbocycles. The van der Waals surface area contributed by atoms with Gasteiger partial charge in [-0.15, -0.1) is 10.2 Å². The maximum atomic E-state index is 5.40. The number of hydrogen-bond acceptors (Lipinski definition) is 6. The quantitative estimate of drug-likeness (QED) is 0.492. The fraction of sp³-hybridized carbons (Fsp3) is 0.400. The molecular formula is C20H22N6OS. The van der Waals surface area contributed by atoms with Gasteiger partial charge in [-0.05, 0) is 18.9 Å². The highest BCUT2D eigenvalue weighted by atomic mass is 32.2. The van der Waals surface area contributed by atoms with Crippen LogP contribution in [0.3, 0.4) is 0 Å². The zero-order chi connectivity index (χ0) is 19.3. The highest BCUT2D eigenvalue weighted by Crippen LogP contribution is 2.42. The molecule has 28 heavy (non-hydrogen) atoms. The molecule has 0 saturated heterocycles. The van der Waals surface area contributed by atoms with E-state index >= 15 is 0 Å². The van der Waals surface area contributed by atoms with Crippen molar-refractivity contribution >= 4 is 22.7 Å². The molecule has 0 spiro atoms. The Kier molecular flexibility index (Phi) is 4.04. The fourth-order valence-corrected chi connectivity index (χ4v) is 4.07. The van der Waals surface area contributed by atoms with Gasteiger partial charge in [0.1, 0.15) is 0 Å². The Morgan fingerprint density at radius 3 is 2.79 bits per heavy atom. The molecule has 1 aromatic carbocycles. The van der Waals surface area contributed by atoms with E-state index < -0.39 is 0 Å². The van der Waals surface area contributed by atoms with E-state index in [2.05, 4.69) is 68.9 Å². The first kappa shape index (κ1) is 17.5. The predicted molar refractivity (Wildman–Crippen MR) is 108 cm³/mol. The predicted octanol–water partition coefficient (Wildman–Crippen LogP) is 4.73. The number of hydrogen-bond donors (Lipinski definition) is 1. The van der Waals surface area contributed by atoms with Crippen LogP contribution in [-0.2, 0) is 11.2 Å². The fourth-order valence-electron chi connectivity index (χ4n) is 3.22. The molecule has 7 nitrogen and oxygen atoms in total. The van der Waals surface area contributed by atoms with Crippen molar-refractivity contribution in [2.24, 2.45) is 0 Å². The smallest absolute Gasteiger partial charge is 0.232 e. The molecule has 0 amide bonds. The van der Waals surface area contributed by atoms with Crippen molar-refractivity contribution in [2.45, 2.75) is 56.0 Å². The van der Waals surface area contributed by atoms with Crippen LogP contribution in [0.15, 0.2) is 40.1 Å². The number of aromatic amines is 1. The number of fused-ring (bicyclic) bond motifs is 1. The molecule has 144 valence electrons. The van der Waals surface area contributed by atoms with Gasteiger partial charge >= 0.3 is 0 Å². The number of nitrogens with zero attached hydrogens (tertiary/aromatic N) is 5. The average Bonchev–Trinajstić information content (AvgIpc) is 3.09. The number of benzene rings is 1. The van der Waals surface area contributed by atoms with Gasteiger partial charge in [-0.3, -0.25) is 4.57 Å². The molecule has 1 N–H and O–H groups in total. The lowest BCUT2D eigenvalue weighted by molar-refractivity contribution is 0.319. The molecule has 0 radical (unpaired) electrons. The Bertz CT molecular complexity index is 1130. The van der Waals surface area contributed by atoms with Crippen LogP contribution in [0.2, 0.25) is 0 Å². The Labute approximate surface area is 166 Å². The van der Waals surface area contributed by atoms with E-state index in [0.29, 0.717) is 23.5 Å². The second-order valence-electron chi connectivity index (χ2n) is 8.21. The third-order valence-corrected chi connectivity index (χ3v) is 5.79. The summed E-state index contributed by atoms with van der Waals surface area (Å²) in [5, 5.41) is 15.2. The van der Waals surface area contributed by atoms with Gasteiger partial charge < -0.3 is 9.51 Å². The van der Waals surface area contributed by atoms with Gasteiger partial charge in [-0.25, -0.2) is 0 Å². The number of nitrogens with one attached hydrogen (secondary N) is 1. The average molecular weight is 395 g/mol. The molecular weight excluding hydrogens is 372 g/mol. The van der Waals surface area contributed by atoms with Gasteiger partial charge in [0.05, 0.1) is 5.75 Å². The molecule has 5 rings (SSSR count). The molecule has 0 aliphatic heterocycles. The summed E-state index contributed by atoms with van der Waals surface area (Å²) in [5.74, 6) is 2.88. The summed E-state index contributed by atoms with van der Waals surface area (Å²) >= 11 is 1.61. The van der Waals surface area contributed by atoms with Crippen molar-refractivity contribution in [1.82, 2.24) is 29.9 Å². The highest BCUT2D eigenvalue weighted by molar-refractivity contribution is 7.98. The summed E-state index contributed by atoms with van der Waals surface area (Å²) < 4.78 is 7.67. The molecule has 4 aromatic rings. The Hall–Kier alpha value is -2.61. The highest BCUT2D eigenvalue weighted by Gasteiger charge is 2.31. The van der Waals surface area contributed by atoms with Crippen LogP contribution in [0.25, 0.3) is 22.3 Å². The summed E-state index contributed by atoms with van der Waals surface area (Å²) in [6.45, 7) is 6.19. The van der Waals surface area contributed by atoms with E-state index in [1.807, 2.05) is 12.3 Å². The van der Waals surface area contributed by atoms with Crippen LogP contribution in [0.1, 0.15) is 51.4 Å². The van der Waals surface area contributed by atoms with E-state index in [0.717, 1.165) is 34.9 Å². The van der Waals surface area contributed by atoms with Gasteiger partial charge in [-0.2, -0.15) is 4.98 Å². The van der Waals surface area contributed by atoms with Crippen LogP contribution in [-0.4, -0.2) is 29.9 Å². The van der Waals surface area contributed by atoms with Gasteiger partial charge in [0, 0.05) is 34.1 Å². The Morgan fingerprint density at radius 1 is 1.21 bits per heavy atom. The van der Waals surface area contributed by atoms with E-state index in [4.69, 9.17) is 4.52 Å². The molecule has 8 heteroatoms. The lowest BCUT2D eigenvalue weighted by Gasteiger charge is -2.10. The van der Waals surface area contributed by atoms with Crippen molar-refractivity contribution in [2.75, 3.05) is 0 Å². The van der Waals surface area contributed by atoms with Crippen molar-refractivity contribution in [1.29, 1.82) is 0 Å². The number of H-pyrrole nitrogens is 1. The monoisotopic (exact) mass is 394 g/mol. The third-order valence-electron chi connectivity index (χ3n) is 4.85. The first-order valence-electron chi connectivity index (χ1n) is 9.48. The topological polar surface area (TPSA) is 85.4 Å². The molecule has 3 aromatic heterocycles. The standard InChI is InChI=1S/C20H22N6OS/c1-20(2,3)18-22-16(25-27-18)11-28-19-24-23-17(26(19)12-8-9-12)14-10-21-15-7-5-4-6-13(14)15/h4-7,10,12,21H,8-9,11H2,1-3H3. The lowest BCUT2D eigenvalue weighted by atomic mass is 9.97. The molecule has 0 bridgehead atoms. The third kappa shape index (κ3) is 3.11. The van der Waals surface area contributed by atoms with E-state index in [1.54, 1.807) is 11.8 Å². The Balaban J connectivity index is 1.44. The minimum Gasteiger partial charge on any atom is -0.360 e. The molecule has 1 aliphatic rings. The van der Waals surface area contributed by atoms with Crippen molar-refractivity contribution in [3.8, 4) is 11.4 Å². The van der Waals surface area contributed by atoms with Crippen LogP contribution in [0.4, 0.5) is 0 Å². The zero-order valence-corrected chi connectivity index (χ0v) is 17.0. The van der Waals surface area contributed by atoms with Gasteiger partial charge in [0.25, 0.3) is 0 Å². The molecule has 3 heterocycles. The van der Waals surface area contributed by atoms with Gasteiger partial charge in [-0.1, -0.05) is 55.9 Å². The molecule has 1 fully saturated rings. The van der Waals surface area contributed by atoms with Crippen LogP contribution in [0, 0.1) is 0 Å². The summed E-state index contributed by atoms with van der Waals surface area (Å²) in [6, 6.07) is 8.75. The lowest BCUT2D eigenvalue weighted by Crippen LogP contribution is -2.11. The number of thioether (sulfide) groups is 1. The van der Waals surface area contributed by atoms with E-state index in [1.165, 1.54) is 5.39 Å². The summed E-state index contributed by atoms with van der Waals surface area (Å²) in [7, 11) is 0. The SMILES string of the molecule is CC(C)(C)c1nc(CSc2nnc(-c3c[nH]c4ccccc34)n2C2CC2)no1. The second-order valence-corrected chi connectivity index (χ2v) is 9.15. The zero-order valence-electron chi connectivity index (χ0n) is 16.1. The summed E-state index contributed by atoms with van der Waals surface area (Å²) in [5.41, 5.74) is 2.06. The first-order valence-corrected chi connectivity index (χ1v) is 10.5.